The molecule has 0 aliphatic rings. The van der Waals surface area contributed by atoms with Gasteiger partial charge in [-0.1, -0.05) is 35.5 Å². The van der Waals surface area contributed by atoms with Gasteiger partial charge >= 0.3 is 0 Å². The van der Waals surface area contributed by atoms with Gasteiger partial charge in [-0.3, -0.25) is 15.0 Å². The number of aromatic hydroxyl groups is 1. The summed E-state index contributed by atoms with van der Waals surface area (Å²) in [7, 11) is 0. The first kappa shape index (κ1) is 32.7. The van der Waals surface area contributed by atoms with Crippen molar-refractivity contribution in [3.8, 4) is 5.75 Å². The average Bonchev–Trinajstić information content (AvgIpc) is 3.69. The van der Waals surface area contributed by atoms with Crippen LogP contribution in [0.25, 0.3) is 0 Å². The van der Waals surface area contributed by atoms with E-state index in [9.17, 15) is 14.7 Å². The Morgan fingerprint density at radius 2 is 1.82 bits per heavy atom. The number of phenols is 1. The number of imidazole rings is 1. The summed E-state index contributed by atoms with van der Waals surface area (Å²) in [5, 5.41) is 29.9. The fourth-order valence-electron chi connectivity index (χ4n) is 5.00. The summed E-state index contributed by atoms with van der Waals surface area (Å²) in [6.07, 6.45) is 4.90. The lowest BCUT2D eigenvalue weighted by atomic mass is 9.95. The second kappa shape index (κ2) is 15.5. The Labute approximate surface area is 260 Å². The number of carbonyl (C=O) groups is 2. The van der Waals surface area contributed by atoms with Crippen molar-refractivity contribution in [3.05, 3.63) is 94.7 Å². The van der Waals surface area contributed by atoms with Gasteiger partial charge in [0, 0.05) is 32.0 Å². The minimum atomic E-state index is -1.02. The number of amides is 2. The maximum absolute atomic E-state index is 14.0. The molecule has 4 aromatic rings. The predicted molar refractivity (Wildman–Crippen MR) is 167 cm³/mol. The number of H-pyrrole nitrogens is 1. The molecule has 0 fully saturated rings. The highest BCUT2D eigenvalue weighted by Gasteiger charge is 2.30. The summed E-state index contributed by atoms with van der Waals surface area (Å²) in [6.45, 7) is 4.05. The first-order valence-corrected chi connectivity index (χ1v) is 14.7. The molecule has 0 unspecified atom stereocenters. The summed E-state index contributed by atoms with van der Waals surface area (Å²) in [5.41, 5.74) is 15.5. The van der Waals surface area contributed by atoms with E-state index in [2.05, 4.69) is 36.1 Å². The normalized spacial score (nSPS) is 13.0. The van der Waals surface area contributed by atoms with Gasteiger partial charge in [-0.25, -0.2) is 4.98 Å². The third-order valence-corrected chi connectivity index (χ3v) is 7.34. The van der Waals surface area contributed by atoms with Crippen LogP contribution in [0.15, 0.2) is 59.5 Å². The van der Waals surface area contributed by atoms with Crippen LogP contribution in [-0.2, 0) is 28.9 Å². The number of phenolic OH excluding ortho intramolecular Hbond substituents is 1. The Kier molecular flexibility index (Phi) is 11.2. The van der Waals surface area contributed by atoms with Crippen molar-refractivity contribution in [2.45, 2.75) is 64.1 Å². The standard InChI is InChI=1S/C31H40N10O4/c1-18-11-22(42)12-19(2)23(18)15-25(38-28(43)24(32)9-6-10-36-31(33)34)29(44)39-26(14-21-16-35-17-37-21)30-40-27(41-45-30)13-20-7-4-3-5-8-20/h3-5,7-8,11-12,16-17,24-26,42H,6,9-10,13-15,32H2,1-2H3,(H,35,37)(H,38,43)(H,39,44)(H4,33,34,36)/t24-,25+,26+/m1/s1. The van der Waals surface area contributed by atoms with E-state index in [1.54, 1.807) is 18.3 Å². The number of aromatic amines is 1. The lowest BCUT2D eigenvalue weighted by Gasteiger charge is -2.24. The van der Waals surface area contributed by atoms with E-state index < -0.39 is 29.9 Å². The number of carbonyl (C=O) groups excluding carboxylic acids is 2. The first-order valence-electron chi connectivity index (χ1n) is 14.7. The number of nitrogens with one attached hydrogen (secondary N) is 5. The van der Waals surface area contributed by atoms with E-state index in [4.69, 9.17) is 21.4 Å². The SMILES string of the molecule is Cc1cc(O)cc(C)c1C[C@H](NC(=O)[C@H](N)CCCNC(=N)N)C(=O)N[C@@H](Cc1c[nH]cn1)c1nc(Cc2ccccc2)no1. The molecule has 0 saturated heterocycles. The molecule has 0 aliphatic heterocycles. The van der Waals surface area contributed by atoms with Crippen molar-refractivity contribution >= 4 is 17.8 Å². The molecule has 238 valence electrons. The summed E-state index contributed by atoms with van der Waals surface area (Å²) >= 11 is 0. The molecule has 2 amide bonds. The van der Waals surface area contributed by atoms with Crippen LogP contribution in [0.1, 0.15) is 58.5 Å². The largest absolute Gasteiger partial charge is 0.508 e. The Morgan fingerprint density at radius 3 is 2.49 bits per heavy atom. The van der Waals surface area contributed by atoms with Crippen LogP contribution in [0, 0.1) is 19.3 Å². The second-order valence-corrected chi connectivity index (χ2v) is 10.9. The number of guanidine groups is 1. The van der Waals surface area contributed by atoms with Crippen LogP contribution in [0.4, 0.5) is 0 Å². The molecule has 10 N–H and O–H groups in total. The number of nitrogens with zero attached hydrogens (tertiary/aromatic N) is 3. The molecule has 14 nitrogen and oxygen atoms in total. The quantitative estimate of drug-likeness (QED) is 0.0543. The van der Waals surface area contributed by atoms with E-state index in [0.717, 1.165) is 22.3 Å². The Morgan fingerprint density at radius 1 is 1.09 bits per heavy atom. The van der Waals surface area contributed by atoms with Gasteiger partial charge < -0.3 is 42.0 Å². The highest BCUT2D eigenvalue weighted by molar-refractivity contribution is 5.90. The fourth-order valence-corrected chi connectivity index (χ4v) is 5.00. The van der Waals surface area contributed by atoms with Gasteiger partial charge in [-0.15, -0.1) is 0 Å². The van der Waals surface area contributed by atoms with Gasteiger partial charge in [0.2, 0.25) is 17.7 Å². The monoisotopic (exact) mass is 616 g/mol. The van der Waals surface area contributed by atoms with Crippen molar-refractivity contribution < 1.29 is 19.2 Å². The zero-order chi connectivity index (χ0) is 32.3. The van der Waals surface area contributed by atoms with E-state index >= 15 is 0 Å². The minimum absolute atomic E-state index is 0.113. The van der Waals surface area contributed by atoms with Crippen LogP contribution in [0.5, 0.6) is 5.75 Å². The summed E-state index contributed by atoms with van der Waals surface area (Å²) in [5.74, 6) is -0.372. The van der Waals surface area contributed by atoms with Crippen LogP contribution >= 0.6 is 0 Å². The van der Waals surface area contributed by atoms with Gasteiger partial charge in [0.25, 0.3) is 0 Å². The smallest absolute Gasteiger partial charge is 0.249 e. The maximum atomic E-state index is 14.0. The molecule has 0 bridgehead atoms. The molecular formula is C31H40N10O4. The predicted octanol–water partition coefficient (Wildman–Crippen LogP) is 1.42. The van der Waals surface area contributed by atoms with Gasteiger partial charge in [0.1, 0.15) is 17.8 Å². The number of aryl methyl sites for hydroxylation is 2. The molecule has 45 heavy (non-hydrogen) atoms. The van der Waals surface area contributed by atoms with Gasteiger partial charge in [-0.05, 0) is 61.1 Å². The van der Waals surface area contributed by atoms with Gasteiger partial charge in [0.15, 0.2) is 11.8 Å². The molecule has 2 heterocycles. The molecule has 0 spiro atoms. The molecule has 0 radical (unpaired) electrons. The topological polar surface area (TPSA) is 234 Å². The molecular weight excluding hydrogens is 576 g/mol. The number of rotatable bonds is 15. The summed E-state index contributed by atoms with van der Waals surface area (Å²) < 4.78 is 5.61. The van der Waals surface area contributed by atoms with Gasteiger partial charge in [0.05, 0.1) is 18.1 Å². The molecule has 0 saturated carbocycles. The minimum Gasteiger partial charge on any atom is -0.508 e. The van der Waals surface area contributed by atoms with Crippen LogP contribution in [0.2, 0.25) is 0 Å². The third-order valence-electron chi connectivity index (χ3n) is 7.34. The van der Waals surface area contributed by atoms with E-state index in [1.807, 2.05) is 44.2 Å². The highest BCUT2D eigenvalue weighted by atomic mass is 16.5. The number of benzene rings is 2. The van der Waals surface area contributed by atoms with Gasteiger partial charge in [-0.2, -0.15) is 4.98 Å². The zero-order valence-corrected chi connectivity index (χ0v) is 25.3. The lowest BCUT2D eigenvalue weighted by molar-refractivity contribution is -0.130. The first-order chi connectivity index (χ1) is 21.6. The van der Waals surface area contributed by atoms with Crippen LogP contribution in [0.3, 0.4) is 0 Å². The fraction of sp³-hybridized carbons (Fsp3) is 0.355. The van der Waals surface area contributed by atoms with Crippen molar-refractivity contribution in [1.82, 2.24) is 36.1 Å². The zero-order valence-electron chi connectivity index (χ0n) is 25.3. The third kappa shape index (κ3) is 9.63. The summed E-state index contributed by atoms with van der Waals surface area (Å²) in [6, 6.07) is 10.3. The molecule has 3 atom stereocenters. The molecule has 0 aliphatic carbocycles. The van der Waals surface area contributed by atoms with E-state index in [-0.39, 0.29) is 30.4 Å². The average molecular weight is 617 g/mol. The van der Waals surface area contributed by atoms with Crippen molar-refractivity contribution in [3.63, 3.8) is 0 Å². The molecule has 2 aromatic carbocycles. The van der Waals surface area contributed by atoms with Crippen molar-refractivity contribution in [2.75, 3.05) is 6.54 Å². The van der Waals surface area contributed by atoms with Crippen LogP contribution in [-0.4, -0.2) is 61.6 Å². The Balaban J connectivity index is 1.55. The number of nitrogens with two attached hydrogens (primary N) is 2. The Bertz CT molecular complexity index is 1550. The second-order valence-electron chi connectivity index (χ2n) is 10.9. The number of aromatic nitrogens is 4. The molecule has 4 rings (SSSR count). The van der Waals surface area contributed by atoms with Crippen molar-refractivity contribution in [2.24, 2.45) is 11.5 Å². The van der Waals surface area contributed by atoms with Crippen LogP contribution < -0.4 is 27.4 Å². The van der Waals surface area contributed by atoms with E-state index in [0.29, 0.717) is 37.3 Å². The highest BCUT2D eigenvalue weighted by Crippen LogP contribution is 2.23. The number of hydrogen-bond donors (Lipinski definition) is 8. The lowest BCUT2D eigenvalue weighted by Crippen LogP contribution is -2.53. The number of hydrogen-bond acceptors (Lipinski definition) is 9. The van der Waals surface area contributed by atoms with E-state index in [1.165, 1.54) is 6.33 Å². The summed E-state index contributed by atoms with van der Waals surface area (Å²) in [4.78, 5) is 38.9. The Hall–Kier alpha value is -5.24. The molecule has 14 heteroatoms. The molecule has 2 aromatic heterocycles. The maximum Gasteiger partial charge on any atom is 0.249 e. The van der Waals surface area contributed by atoms with Crippen molar-refractivity contribution in [1.29, 1.82) is 5.41 Å².